The van der Waals surface area contributed by atoms with Crippen molar-refractivity contribution < 1.29 is 4.79 Å². The van der Waals surface area contributed by atoms with E-state index in [9.17, 15) is 4.79 Å². The van der Waals surface area contributed by atoms with E-state index in [1.165, 1.54) is 0 Å². The molecule has 3 rings (SSSR count). The summed E-state index contributed by atoms with van der Waals surface area (Å²) < 4.78 is 0. The van der Waals surface area contributed by atoms with Gasteiger partial charge in [0, 0.05) is 39.6 Å². The lowest BCUT2D eigenvalue weighted by atomic mass is 10.0. The number of para-hydroxylation sites is 1. The Bertz CT molecular complexity index is 774. The zero-order valence-corrected chi connectivity index (χ0v) is 10.2. The van der Waals surface area contributed by atoms with E-state index in [0.717, 1.165) is 10.9 Å². The number of nitrogen functional groups attached to an aromatic ring is 2. The number of fused-ring (bicyclic) bond motifs is 1. The smallest absolute Gasteiger partial charge is 0.197 e. The van der Waals surface area contributed by atoms with Crippen LogP contribution in [0.25, 0.3) is 10.9 Å². The van der Waals surface area contributed by atoms with Gasteiger partial charge in [-0.2, -0.15) is 0 Å². The maximum absolute atomic E-state index is 12.5. The van der Waals surface area contributed by atoms with Crippen LogP contribution in [0.1, 0.15) is 15.9 Å². The zero-order valence-electron chi connectivity index (χ0n) is 10.2. The molecule has 0 spiro atoms. The highest BCUT2D eigenvalue weighted by molar-refractivity contribution is 6.18. The molecule has 0 saturated heterocycles. The van der Waals surface area contributed by atoms with E-state index in [1.807, 2.05) is 24.3 Å². The number of carbonyl (C=O) groups excluding carboxylic acids is 1. The zero-order chi connectivity index (χ0) is 13.4. The van der Waals surface area contributed by atoms with Crippen LogP contribution in [-0.2, 0) is 0 Å². The summed E-state index contributed by atoms with van der Waals surface area (Å²) in [4.78, 5) is 15.6. The minimum atomic E-state index is -0.102. The van der Waals surface area contributed by atoms with Crippen LogP contribution in [0.15, 0.2) is 48.7 Å². The Morgan fingerprint density at radius 2 is 1.79 bits per heavy atom. The molecule has 0 radical (unpaired) electrons. The van der Waals surface area contributed by atoms with Crippen molar-refractivity contribution in [3.63, 3.8) is 0 Å². The van der Waals surface area contributed by atoms with Crippen LogP contribution in [0, 0.1) is 0 Å². The Balaban J connectivity index is 2.13. The molecule has 0 bridgehead atoms. The summed E-state index contributed by atoms with van der Waals surface area (Å²) in [6.07, 6.45) is 1.71. The van der Waals surface area contributed by atoms with E-state index in [1.54, 1.807) is 24.4 Å². The van der Waals surface area contributed by atoms with Gasteiger partial charge < -0.3 is 16.5 Å². The van der Waals surface area contributed by atoms with Crippen LogP contribution >= 0.6 is 0 Å². The summed E-state index contributed by atoms with van der Waals surface area (Å²) in [5, 5.41) is 0.892. The third kappa shape index (κ3) is 1.83. The second kappa shape index (κ2) is 4.17. The van der Waals surface area contributed by atoms with Crippen molar-refractivity contribution in [1.82, 2.24) is 4.98 Å². The molecule has 0 aliphatic carbocycles. The number of aromatic amines is 1. The first-order chi connectivity index (χ1) is 9.16. The summed E-state index contributed by atoms with van der Waals surface area (Å²) in [7, 11) is 0. The highest BCUT2D eigenvalue weighted by Crippen LogP contribution is 2.24. The SMILES string of the molecule is Nc1ccc(C(=O)c2c[nH]c3ccccc23)c(N)c1. The fourth-order valence-electron chi connectivity index (χ4n) is 2.19. The number of hydrogen-bond donors (Lipinski definition) is 3. The summed E-state index contributed by atoms with van der Waals surface area (Å²) in [5.74, 6) is -0.102. The van der Waals surface area contributed by atoms with Crippen LogP contribution in [0.5, 0.6) is 0 Å². The quantitative estimate of drug-likeness (QED) is 0.483. The van der Waals surface area contributed by atoms with E-state index >= 15 is 0 Å². The van der Waals surface area contributed by atoms with Gasteiger partial charge in [-0.15, -0.1) is 0 Å². The first-order valence-electron chi connectivity index (χ1n) is 5.92. The molecule has 0 amide bonds. The molecule has 94 valence electrons. The fourth-order valence-corrected chi connectivity index (χ4v) is 2.19. The van der Waals surface area contributed by atoms with Crippen molar-refractivity contribution >= 4 is 28.1 Å². The molecule has 0 aliphatic rings. The van der Waals surface area contributed by atoms with Crippen LogP contribution in [0.3, 0.4) is 0 Å². The average Bonchev–Trinajstić information content (AvgIpc) is 2.82. The molecule has 5 N–H and O–H groups in total. The van der Waals surface area contributed by atoms with Crippen LogP contribution in [0.4, 0.5) is 11.4 Å². The molecule has 0 aliphatic heterocycles. The first-order valence-corrected chi connectivity index (χ1v) is 5.92. The number of ketones is 1. The molecule has 2 aromatic carbocycles. The van der Waals surface area contributed by atoms with Gasteiger partial charge in [0.2, 0.25) is 0 Å². The Morgan fingerprint density at radius 3 is 2.58 bits per heavy atom. The number of hydrogen-bond acceptors (Lipinski definition) is 3. The number of nitrogens with two attached hydrogens (primary N) is 2. The highest BCUT2D eigenvalue weighted by atomic mass is 16.1. The Kier molecular flexibility index (Phi) is 2.49. The van der Waals surface area contributed by atoms with Gasteiger partial charge in [-0.1, -0.05) is 18.2 Å². The van der Waals surface area contributed by atoms with E-state index in [4.69, 9.17) is 11.5 Å². The third-order valence-corrected chi connectivity index (χ3v) is 3.15. The van der Waals surface area contributed by atoms with Crippen LogP contribution in [0.2, 0.25) is 0 Å². The lowest BCUT2D eigenvalue weighted by Crippen LogP contribution is -2.05. The second-order valence-electron chi connectivity index (χ2n) is 4.42. The molecule has 0 fully saturated rings. The van der Waals surface area contributed by atoms with Gasteiger partial charge in [0.15, 0.2) is 5.78 Å². The minimum absolute atomic E-state index is 0.102. The van der Waals surface area contributed by atoms with Crippen molar-refractivity contribution in [2.75, 3.05) is 11.5 Å². The van der Waals surface area contributed by atoms with Crippen LogP contribution in [-0.4, -0.2) is 10.8 Å². The van der Waals surface area contributed by atoms with Crippen molar-refractivity contribution in [2.24, 2.45) is 0 Å². The minimum Gasteiger partial charge on any atom is -0.399 e. The topological polar surface area (TPSA) is 84.9 Å². The lowest BCUT2D eigenvalue weighted by molar-refractivity contribution is 0.104. The molecule has 1 aromatic heterocycles. The molecular weight excluding hydrogens is 238 g/mol. The number of rotatable bonds is 2. The van der Waals surface area contributed by atoms with Gasteiger partial charge in [-0.25, -0.2) is 0 Å². The molecule has 0 unspecified atom stereocenters. The maximum Gasteiger partial charge on any atom is 0.197 e. The van der Waals surface area contributed by atoms with Crippen molar-refractivity contribution in [3.05, 3.63) is 59.8 Å². The summed E-state index contributed by atoms with van der Waals surface area (Å²) in [5.41, 5.74) is 14.5. The van der Waals surface area contributed by atoms with Gasteiger partial charge >= 0.3 is 0 Å². The molecule has 1 heterocycles. The molecule has 3 aromatic rings. The number of H-pyrrole nitrogens is 1. The molecular formula is C15H13N3O. The van der Waals surface area contributed by atoms with Gasteiger partial charge in [0.05, 0.1) is 0 Å². The second-order valence-corrected chi connectivity index (χ2v) is 4.42. The monoisotopic (exact) mass is 251 g/mol. The third-order valence-electron chi connectivity index (χ3n) is 3.15. The van der Waals surface area contributed by atoms with Crippen molar-refractivity contribution in [1.29, 1.82) is 0 Å². The standard InChI is InChI=1S/C15H13N3O/c16-9-5-6-11(13(17)7-9)15(19)12-8-18-14-4-2-1-3-10(12)14/h1-8,18H,16-17H2. The van der Waals surface area contributed by atoms with E-state index in [2.05, 4.69) is 4.98 Å². The molecule has 0 saturated carbocycles. The van der Waals surface area contributed by atoms with E-state index in [0.29, 0.717) is 22.5 Å². The number of benzene rings is 2. The van der Waals surface area contributed by atoms with Crippen molar-refractivity contribution in [3.8, 4) is 0 Å². The number of carbonyl (C=O) groups is 1. The highest BCUT2D eigenvalue weighted by Gasteiger charge is 2.16. The van der Waals surface area contributed by atoms with Crippen molar-refractivity contribution in [2.45, 2.75) is 0 Å². The Hall–Kier alpha value is -2.75. The predicted octanol–water partition coefficient (Wildman–Crippen LogP) is 2.56. The molecule has 4 heteroatoms. The first kappa shape index (κ1) is 11.3. The average molecular weight is 251 g/mol. The maximum atomic E-state index is 12.5. The predicted molar refractivity (Wildman–Crippen MR) is 77.0 cm³/mol. The molecule has 0 atom stereocenters. The Morgan fingerprint density at radius 1 is 1.00 bits per heavy atom. The largest absolute Gasteiger partial charge is 0.399 e. The molecule has 4 nitrogen and oxygen atoms in total. The summed E-state index contributed by atoms with van der Waals surface area (Å²) in [6, 6.07) is 12.6. The van der Waals surface area contributed by atoms with E-state index < -0.39 is 0 Å². The van der Waals surface area contributed by atoms with Gasteiger partial charge in [0.25, 0.3) is 0 Å². The molecule has 19 heavy (non-hydrogen) atoms. The van der Waals surface area contributed by atoms with Gasteiger partial charge in [0.1, 0.15) is 0 Å². The number of aromatic nitrogens is 1. The number of nitrogens with one attached hydrogen (secondary N) is 1. The lowest BCUT2D eigenvalue weighted by Gasteiger charge is -2.05. The summed E-state index contributed by atoms with van der Waals surface area (Å²) in [6.45, 7) is 0. The van der Waals surface area contributed by atoms with Crippen LogP contribution < -0.4 is 11.5 Å². The summed E-state index contributed by atoms with van der Waals surface area (Å²) >= 11 is 0. The van der Waals surface area contributed by atoms with Gasteiger partial charge in [-0.05, 0) is 24.3 Å². The normalized spacial score (nSPS) is 10.7. The van der Waals surface area contributed by atoms with E-state index in [-0.39, 0.29) is 5.78 Å². The number of anilines is 2. The fraction of sp³-hybridized carbons (Fsp3) is 0. The van der Waals surface area contributed by atoms with Gasteiger partial charge in [-0.3, -0.25) is 4.79 Å². The Labute approximate surface area is 110 Å².